The van der Waals surface area contributed by atoms with Gasteiger partial charge in [0.15, 0.2) is 0 Å². The fourth-order valence-corrected chi connectivity index (χ4v) is 2.97. The Kier molecular flexibility index (Phi) is 3.97. The average Bonchev–Trinajstić information content (AvgIpc) is 2.51. The van der Waals surface area contributed by atoms with Crippen molar-refractivity contribution in [2.45, 2.75) is 13.8 Å². The minimum absolute atomic E-state index is 0.819. The van der Waals surface area contributed by atoms with E-state index in [1.165, 1.54) is 5.56 Å². The van der Waals surface area contributed by atoms with Crippen molar-refractivity contribution < 1.29 is 0 Å². The predicted octanol–water partition coefficient (Wildman–Crippen LogP) is 3.07. The van der Waals surface area contributed by atoms with E-state index in [0.29, 0.717) is 0 Å². The predicted molar refractivity (Wildman–Crippen MR) is 87.4 cm³/mol. The van der Waals surface area contributed by atoms with Crippen LogP contribution in [0.4, 0.5) is 11.5 Å². The zero-order valence-corrected chi connectivity index (χ0v) is 13.1. The molecule has 0 bridgehead atoms. The van der Waals surface area contributed by atoms with Gasteiger partial charge in [-0.05, 0) is 26.0 Å². The largest absolute Gasteiger partial charge is 0.367 e. The molecule has 2 heterocycles. The van der Waals surface area contributed by atoms with Crippen LogP contribution in [-0.2, 0) is 0 Å². The first-order valence-corrected chi connectivity index (χ1v) is 7.57. The molecule has 3 rings (SSSR count). The van der Waals surface area contributed by atoms with Crippen molar-refractivity contribution in [1.82, 2.24) is 9.97 Å². The smallest absolute Gasteiger partial charge is 0.135 e. The van der Waals surface area contributed by atoms with E-state index in [1.54, 1.807) is 6.33 Å². The summed E-state index contributed by atoms with van der Waals surface area (Å²) in [7, 11) is 0. The van der Waals surface area contributed by atoms with Gasteiger partial charge in [0, 0.05) is 37.4 Å². The number of nitrogens with zero attached hydrogens (tertiary/aromatic N) is 4. The van der Waals surface area contributed by atoms with Crippen molar-refractivity contribution in [1.29, 1.82) is 0 Å². The summed E-state index contributed by atoms with van der Waals surface area (Å²) in [5.41, 5.74) is 3.34. The number of aromatic nitrogens is 2. The van der Waals surface area contributed by atoms with Crippen molar-refractivity contribution in [2.24, 2.45) is 0 Å². The van der Waals surface area contributed by atoms with Crippen molar-refractivity contribution in [3.05, 3.63) is 46.9 Å². The Morgan fingerprint density at radius 2 is 1.62 bits per heavy atom. The number of halogens is 1. The van der Waals surface area contributed by atoms with Gasteiger partial charge in [0.25, 0.3) is 0 Å². The van der Waals surface area contributed by atoms with Gasteiger partial charge in [-0.3, -0.25) is 0 Å². The van der Waals surface area contributed by atoms with Gasteiger partial charge in [-0.1, -0.05) is 23.7 Å². The summed E-state index contributed by atoms with van der Waals surface area (Å²) in [6, 6.07) is 8.03. The van der Waals surface area contributed by atoms with Crippen molar-refractivity contribution in [3.8, 4) is 0 Å². The van der Waals surface area contributed by atoms with Crippen LogP contribution in [0.25, 0.3) is 0 Å². The minimum Gasteiger partial charge on any atom is -0.367 e. The van der Waals surface area contributed by atoms with Gasteiger partial charge in [0.2, 0.25) is 0 Å². The van der Waals surface area contributed by atoms with E-state index in [-0.39, 0.29) is 0 Å². The molecule has 0 radical (unpaired) electrons. The molecule has 0 aliphatic carbocycles. The first kappa shape index (κ1) is 14.1. The van der Waals surface area contributed by atoms with E-state index in [0.717, 1.165) is 48.4 Å². The molecule has 0 atom stereocenters. The zero-order chi connectivity index (χ0) is 14.8. The molecule has 1 saturated heterocycles. The SMILES string of the molecule is Cc1ncnc(N2CCN(c3ccccc3Cl)CC2)c1C. The second-order valence-corrected chi connectivity index (χ2v) is 5.74. The van der Waals surface area contributed by atoms with Crippen LogP contribution in [0.2, 0.25) is 5.02 Å². The number of hydrogen-bond acceptors (Lipinski definition) is 4. The molecule has 0 saturated carbocycles. The van der Waals surface area contributed by atoms with Crippen LogP contribution in [-0.4, -0.2) is 36.1 Å². The lowest BCUT2D eigenvalue weighted by Gasteiger charge is -2.37. The number of piperazine rings is 1. The van der Waals surface area contributed by atoms with Crippen molar-refractivity contribution in [3.63, 3.8) is 0 Å². The van der Waals surface area contributed by atoms with Gasteiger partial charge in [-0.2, -0.15) is 0 Å². The Morgan fingerprint density at radius 1 is 0.952 bits per heavy atom. The molecule has 1 aromatic carbocycles. The third-order valence-corrected chi connectivity index (χ3v) is 4.40. The van der Waals surface area contributed by atoms with E-state index < -0.39 is 0 Å². The fourth-order valence-electron chi connectivity index (χ4n) is 2.71. The van der Waals surface area contributed by atoms with Crippen LogP contribution in [0.1, 0.15) is 11.3 Å². The van der Waals surface area contributed by atoms with Crippen LogP contribution in [0.5, 0.6) is 0 Å². The summed E-state index contributed by atoms with van der Waals surface area (Å²) in [6.45, 7) is 7.91. The topological polar surface area (TPSA) is 32.3 Å². The minimum atomic E-state index is 0.819. The lowest BCUT2D eigenvalue weighted by atomic mass is 10.2. The summed E-state index contributed by atoms with van der Waals surface area (Å²) in [6.07, 6.45) is 1.65. The number of para-hydroxylation sites is 1. The van der Waals surface area contributed by atoms with Gasteiger partial charge in [-0.25, -0.2) is 9.97 Å². The van der Waals surface area contributed by atoms with Gasteiger partial charge in [0.1, 0.15) is 12.1 Å². The Balaban J connectivity index is 1.74. The Morgan fingerprint density at radius 3 is 2.33 bits per heavy atom. The molecular weight excluding hydrogens is 284 g/mol. The van der Waals surface area contributed by atoms with Crippen LogP contribution >= 0.6 is 11.6 Å². The number of benzene rings is 1. The molecule has 4 nitrogen and oxygen atoms in total. The first-order valence-electron chi connectivity index (χ1n) is 7.19. The third-order valence-electron chi connectivity index (χ3n) is 4.08. The third kappa shape index (κ3) is 2.81. The van der Waals surface area contributed by atoms with Crippen LogP contribution in [0.3, 0.4) is 0 Å². The second-order valence-electron chi connectivity index (χ2n) is 5.33. The summed E-state index contributed by atoms with van der Waals surface area (Å²) in [4.78, 5) is 13.4. The lowest BCUT2D eigenvalue weighted by molar-refractivity contribution is 0.644. The van der Waals surface area contributed by atoms with Crippen LogP contribution < -0.4 is 9.80 Å². The zero-order valence-electron chi connectivity index (χ0n) is 12.4. The highest BCUT2D eigenvalue weighted by molar-refractivity contribution is 6.33. The number of rotatable bonds is 2. The van der Waals surface area contributed by atoms with E-state index >= 15 is 0 Å². The quantitative estimate of drug-likeness (QED) is 0.853. The highest BCUT2D eigenvalue weighted by Crippen LogP contribution is 2.27. The maximum Gasteiger partial charge on any atom is 0.135 e. The number of hydrogen-bond donors (Lipinski definition) is 0. The average molecular weight is 303 g/mol. The maximum atomic E-state index is 6.28. The molecule has 0 amide bonds. The van der Waals surface area contributed by atoms with Crippen LogP contribution in [0.15, 0.2) is 30.6 Å². The molecule has 2 aromatic rings. The molecule has 0 spiro atoms. The summed E-state index contributed by atoms with van der Waals surface area (Å²) >= 11 is 6.28. The molecule has 21 heavy (non-hydrogen) atoms. The number of aryl methyl sites for hydroxylation is 1. The van der Waals surface area contributed by atoms with Gasteiger partial charge in [0.05, 0.1) is 10.7 Å². The van der Waals surface area contributed by atoms with Crippen molar-refractivity contribution in [2.75, 3.05) is 36.0 Å². The van der Waals surface area contributed by atoms with Crippen LogP contribution in [0, 0.1) is 13.8 Å². The molecule has 1 aliphatic heterocycles. The highest BCUT2D eigenvalue weighted by Gasteiger charge is 2.21. The molecule has 110 valence electrons. The van der Waals surface area contributed by atoms with E-state index in [2.05, 4.69) is 32.8 Å². The van der Waals surface area contributed by atoms with E-state index in [1.807, 2.05) is 25.1 Å². The molecule has 1 aromatic heterocycles. The van der Waals surface area contributed by atoms with Gasteiger partial charge < -0.3 is 9.80 Å². The van der Waals surface area contributed by atoms with E-state index in [4.69, 9.17) is 11.6 Å². The van der Waals surface area contributed by atoms with Gasteiger partial charge >= 0.3 is 0 Å². The molecule has 5 heteroatoms. The summed E-state index contributed by atoms with van der Waals surface area (Å²) in [5.74, 6) is 1.06. The Bertz CT molecular complexity index is 636. The van der Waals surface area contributed by atoms with Gasteiger partial charge in [-0.15, -0.1) is 0 Å². The summed E-state index contributed by atoms with van der Waals surface area (Å²) in [5, 5.41) is 0.819. The van der Waals surface area contributed by atoms with E-state index in [9.17, 15) is 0 Å². The monoisotopic (exact) mass is 302 g/mol. The molecule has 1 aliphatic rings. The fraction of sp³-hybridized carbons (Fsp3) is 0.375. The maximum absolute atomic E-state index is 6.28. The molecular formula is C16H19ClN4. The Labute approximate surface area is 130 Å². The highest BCUT2D eigenvalue weighted by atomic mass is 35.5. The molecule has 0 N–H and O–H groups in total. The second kappa shape index (κ2) is 5.90. The normalized spacial score (nSPS) is 15.4. The van der Waals surface area contributed by atoms with Crippen molar-refractivity contribution >= 4 is 23.1 Å². The number of anilines is 2. The Hall–Kier alpha value is -1.81. The first-order chi connectivity index (χ1) is 10.2. The molecule has 0 unspecified atom stereocenters. The lowest BCUT2D eigenvalue weighted by Crippen LogP contribution is -2.47. The standard InChI is InChI=1S/C16H19ClN4/c1-12-13(2)18-11-19-16(12)21-9-7-20(8-10-21)15-6-4-3-5-14(15)17/h3-6,11H,7-10H2,1-2H3. The summed E-state index contributed by atoms with van der Waals surface area (Å²) < 4.78 is 0. The molecule has 1 fully saturated rings.